The standard InChI is InChI=1S/C16H21N3O4/c1-10(20)18-6-7-19(13(21)9-18)14-11-8-17-5-4-12(11)23-16(2,3)15(14)22/h4-5,8,14-15,22H,6-7,9H2,1-3H3/t14-,15+/m0/s1. The summed E-state index contributed by atoms with van der Waals surface area (Å²) in [4.78, 5) is 31.3. The van der Waals surface area contributed by atoms with Gasteiger partial charge in [-0.3, -0.25) is 14.6 Å². The van der Waals surface area contributed by atoms with E-state index in [9.17, 15) is 14.7 Å². The fourth-order valence-electron chi connectivity index (χ4n) is 3.19. The largest absolute Gasteiger partial charge is 0.485 e. The normalized spacial score (nSPS) is 26.5. The van der Waals surface area contributed by atoms with Gasteiger partial charge < -0.3 is 19.6 Å². The van der Waals surface area contributed by atoms with E-state index in [-0.39, 0.29) is 18.4 Å². The molecule has 2 atom stereocenters. The number of hydrogen-bond donors (Lipinski definition) is 1. The third-order valence-electron chi connectivity index (χ3n) is 4.55. The Kier molecular flexibility index (Phi) is 3.75. The summed E-state index contributed by atoms with van der Waals surface area (Å²) in [5.74, 6) is 0.332. The number of carbonyl (C=O) groups is 2. The summed E-state index contributed by atoms with van der Waals surface area (Å²) in [6.07, 6.45) is 2.37. The Morgan fingerprint density at radius 3 is 2.83 bits per heavy atom. The minimum absolute atomic E-state index is 0.0371. The molecule has 7 nitrogen and oxygen atoms in total. The van der Waals surface area contributed by atoms with Gasteiger partial charge in [-0.25, -0.2) is 0 Å². The Hall–Kier alpha value is -2.15. The molecule has 0 bridgehead atoms. The minimum Gasteiger partial charge on any atom is -0.485 e. The van der Waals surface area contributed by atoms with Crippen LogP contribution in [-0.4, -0.2) is 63.0 Å². The summed E-state index contributed by atoms with van der Waals surface area (Å²) in [6.45, 7) is 5.92. The molecule has 2 aliphatic rings. The summed E-state index contributed by atoms with van der Waals surface area (Å²) >= 11 is 0. The van der Waals surface area contributed by atoms with E-state index in [1.807, 2.05) is 0 Å². The van der Waals surface area contributed by atoms with Crippen molar-refractivity contribution in [1.29, 1.82) is 0 Å². The number of aromatic nitrogens is 1. The van der Waals surface area contributed by atoms with Gasteiger partial charge in [0.1, 0.15) is 17.5 Å². The fourth-order valence-corrected chi connectivity index (χ4v) is 3.19. The lowest BCUT2D eigenvalue weighted by Gasteiger charge is -2.47. The van der Waals surface area contributed by atoms with E-state index in [1.165, 1.54) is 11.8 Å². The first-order chi connectivity index (χ1) is 10.8. The lowest BCUT2D eigenvalue weighted by molar-refractivity contribution is -0.155. The second kappa shape index (κ2) is 5.49. The highest BCUT2D eigenvalue weighted by Crippen LogP contribution is 2.42. The third-order valence-corrected chi connectivity index (χ3v) is 4.55. The molecule has 0 radical (unpaired) electrons. The van der Waals surface area contributed by atoms with Crippen molar-refractivity contribution in [3.63, 3.8) is 0 Å². The van der Waals surface area contributed by atoms with Gasteiger partial charge in [-0.1, -0.05) is 0 Å². The SMILES string of the molecule is CC(=O)N1CCN([C@H]2c3cnccc3OC(C)(C)[C@@H]2O)C(=O)C1. The molecule has 0 unspecified atom stereocenters. The Balaban J connectivity index is 1.95. The molecular weight excluding hydrogens is 298 g/mol. The topological polar surface area (TPSA) is 83.0 Å². The van der Waals surface area contributed by atoms with Gasteiger partial charge in [0.2, 0.25) is 11.8 Å². The number of aliphatic hydroxyl groups excluding tert-OH is 1. The highest BCUT2D eigenvalue weighted by molar-refractivity contribution is 5.85. The molecule has 1 aromatic rings. The fraction of sp³-hybridized carbons (Fsp3) is 0.562. The van der Waals surface area contributed by atoms with E-state index in [4.69, 9.17) is 4.74 Å². The van der Waals surface area contributed by atoms with Crippen molar-refractivity contribution in [1.82, 2.24) is 14.8 Å². The molecule has 0 spiro atoms. The Labute approximate surface area is 134 Å². The van der Waals surface area contributed by atoms with Crippen molar-refractivity contribution in [2.45, 2.75) is 38.5 Å². The van der Waals surface area contributed by atoms with Crippen molar-refractivity contribution in [2.75, 3.05) is 19.6 Å². The molecule has 1 aromatic heterocycles. The Bertz CT molecular complexity index is 646. The van der Waals surface area contributed by atoms with Gasteiger partial charge in [-0.05, 0) is 19.9 Å². The lowest BCUT2D eigenvalue weighted by Crippen LogP contribution is -2.59. The monoisotopic (exact) mass is 319 g/mol. The van der Waals surface area contributed by atoms with Crippen LogP contribution in [0.5, 0.6) is 5.75 Å². The Morgan fingerprint density at radius 1 is 1.43 bits per heavy atom. The number of fused-ring (bicyclic) bond motifs is 1. The van der Waals surface area contributed by atoms with Crippen molar-refractivity contribution in [2.24, 2.45) is 0 Å². The van der Waals surface area contributed by atoms with Gasteiger partial charge in [0.15, 0.2) is 0 Å². The number of hydrogen-bond acceptors (Lipinski definition) is 5. The quantitative estimate of drug-likeness (QED) is 0.807. The first-order valence-electron chi connectivity index (χ1n) is 7.67. The van der Waals surface area contributed by atoms with Crippen LogP contribution in [0.2, 0.25) is 0 Å². The van der Waals surface area contributed by atoms with Crippen molar-refractivity contribution < 1.29 is 19.4 Å². The van der Waals surface area contributed by atoms with Crippen LogP contribution >= 0.6 is 0 Å². The number of rotatable bonds is 1. The molecule has 0 saturated carbocycles. The van der Waals surface area contributed by atoms with Gasteiger partial charge in [-0.15, -0.1) is 0 Å². The predicted molar refractivity (Wildman–Crippen MR) is 81.7 cm³/mol. The number of nitrogens with zero attached hydrogens (tertiary/aromatic N) is 3. The van der Waals surface area contributed by atoms with Crippen molar-refractivity contribution >= 4 is 11.8 Å². The van der Waals surface area contributed by atoms with Crippen LogP contribution < -0.4 is 4.74 Å². The second-order valence-electron chi connectivity index (χ2n) is 6.54. The predicted octanol–water partition coefficient (Wildman–Crippen LogP) is 0.345. The maximum atomic E-state index is 12.5. The molecule has 2 amide bonds. The maximum absolute atomic E-state index is 12.5. The molecule has 0 aromatic carbocycles. The van der Waals surface area contributed by atoms with Crippen LogP contribution in [0.4, 0.5) is 0 Å². The third kappa shape index (κ3) is 2.65. The number of amides is 2. The molecule has 2 aliphatic heterocycles. The molecule has 3 rings (SSSR count). The van der Waals surface area contributed by atoms with E-state index in [0.29, 0.717) is 24.4 Å². The van der Waals surface area contributed by atoms with E-state index < -0.39 is 17.7 Å². The zero-order valence-electron chi connectivity index (χ0n) is 13.5. The number of ether oxygens (including phenoxy) is 1. The van der Waals surface area contributed by atoms with Gasteiger partial charge in [0.05, 0.1) is 12.6 Å². The summed E-state index contributed by atoms with van der Waals surface area (Å²) in [7, 11) is 0. The van der Waals surface area contributed by atoms with Gasteiger partial charge >= 0.3 is 0 Å². The molecule has 0 aliphatic carbocycles. The number of piperazine rings is 1. The zero-order chi connectivity index (χ0) is 16.8. The van der Waals surface area contributed by atoms with Crippen LogP contribution in [0.1, 0.15) is 32.4 Å². The molecule has 124 valence electrons. The molecule has 3 heterocycles. The molecule has 1 fully saturated rings. The molecular formula is C16H21N3O4. The Morgan fingerprint density at radius 2 is 2.17 bits per heavy atom. The zero-order valence-corrected chi connectivity index (χ0v) is 13.5. The van der Waals surface area contributed by atoms with Crippen LogP contribution in [0, 0.1) is 0 Å². The molecule has 1 saturated heterocycles. The average molecular weight is 319 g/mol. The van der Waals surface area contributed by atoms with Gasteiger partial charge in [0.25, 0.3) is 0 Å². The average Bonchev–Trinajstić information content (AvgIpc) is 2.49. The highest BCUT2D eigenvalue weighted by atomic mass is 16.5. The maximum Gasteiger partial charge on any atom is 0.242 e. The van der Waals surface area contributed by atoms with Crippen LogP contribution in [-0.2, 0) is 9.59 Å². The number of aliphatic hydroxyl groups is 1. The number of pyridine rings is 1. The van der Waals surface area contributed by atoms with E-state index >= 15 is 0 Å². The molecule has 23 heavy (non-hydrogen) atoms. The van der Waals surface area contributed by atoms with Gasteiger partial charge in [0, 0.05) is 38.0 Å². The van der Waals surface area contributed by atoms with Crippen molar-refractivity contribution in [3.8, 4) is 5.75 Å². The number of carbonyl (C=O) groups excluding carboxylic acids is 2. The van der Waals surface area contributed by atoms with Crippen LogP contribution in [0.25, 0.3) is 0 Å². The lowest BCUT2D eigenvalue weighted by atomic mass is 9.86. The molecule has 7 heteroatoms. The van der Waals surface area contributed by atoms with E-state index in [2.05, 4.69) is 4.98 Å². The summed E-state index contributed by atoms with van der Waals surface area (Å²) in [6, 6.07) is 1.22. The van der Waals surface area contributed by atoms with E-state index in [1.54, 1.807) is 37.2 Å². The van der Waals surface area contributed by atoms with Crippen molar-refractivity contribution in [3.05, 3.63) is 24.0 Å². The minimum atomic E-state index is -0.882. The summed E-state index contributed by atoms with van der Waals surface area (Å²) in [5.41, 5.74) is -0.124. The second-order valence-corrected chi connectivity index (χ2v) is 6.54. The molecule has 1 N–H and O–H groups in total. The van der Waals surface area contributed by atoms with Crippen LogP contribution in [0.15, 0.2) is 18.5 Å². The summed E-state index contributed by atoms with van der Waals surface area (Å²) in [5, 5.41) is 10.8. The first kappa shape index (κ1) is 15.7. The first-order valence-corrected chi connectivity index (χ1v) is 7.67. The van der Waals surface area contributed by atoms with E-state index in [0.717, 1.165) is 0 Å². The highest BCUT2D eigenvalue weighted by Gasteiger charge is 2.47. The smallest absolute Gasteiger partial charge is 0.242 e. The van der Waals surface area contributed by atoms with Crippen LogP contribution in [0.3, 0.4) is 0 Å². The summed E-state index contributed by atoms with van der Waals surface area (Å²) < 4.78 is 5.85. The van der Waals surface area contributed by atoms with Gasteiger partial charge in [-0.2, -0.15) is 0 Å².